The second kappa shape index (κ2) is 8.87. The molecule has 1 aliphatic rings. The van der Waals surface area contributed by atoms with Crippen molar-refractivity contribution in [3.63, 3.8) is 0 Å². The molecule has 1 amide bonds. The van der Waals surface area contributed by atoms with Crippen molar-refractivity contribution < 1.29 is 17.9 Å². The molecule has 0 bridgehead atoms. The molecule has 2 heterocycles. The van der Waals surface area contributed by atoms with Crippen molar-refractivity contribution in [2.75, 3.05) is 26.3 Å². The van der Waals surface area contributed by atoms with Gasteiger partial charge in [-0.2, -0.15) is 4.31 Å². The molecule has 0 radical (unpaired) electrons. The summed E-state index contributed by atoms with van der Waals surface area (Å²) in [5, 5.41) is 3.20. The lowest BCUT2D eigenvalue weighted by Gasteiger charge is -2.25. The number of hydrogen-bond acceptors (Lipinski definition) is 5. The first kappa shape index (κ1) is 20.5. The minimum absolute atomic E-state index is 0.189. The molecule has 1 aromatic heterocycles. The van der Waals surface area contributed by atoms with E-state index in [9.17, 15) is 18.0 Å². The van der Waals surface area contributed by atoms with Crippen molar-refractivity contribution in [3.8, 4) is 0 Å². The van der Waals surface area contributed by atoms with Crippen LogP contribution in [0.25, 0.3) is 0 Å². The Morgan fingerprint density at radius 3 is 2.57 bits per heavy atom. The summed E-state index contributed by atoms with van der Waals surface area (Å²) in [6, 6.07) is 9.78. The van der Waals surface area contributed by atoms with Gasteiger partial charge in [-0.15, -0.1) is 0 Å². The van der Waals surface area contributed by atoms with Crippen LogP contribution >= 0.6 is 11.6 Å². The first-order valence-electron chi connectivity index (χ1n) is 8.67. The number of hydrogen-bond donors (Lipinski definition) is 1. The van der Waals surface area contributed by atoms with E-state index in [0.717, 1.165) is 10.1 Å². The van der Waals surface area contributed by atoms with Gasteiger partial charge in [-0.1, -0.05) is 29.8 Å². The number of aromatic nitrogens is 1. The molecule has 1 saturated heterocycles. The Kier molecular flexibility index (Phi) is 6.50. The Morgan fingerprint density at radius 1 is 1.14 bits per heavy atom. The number of pyridine rings is 1. The van der Waals surface area contributed by atoms with Crippen LogP contribution in [0.4, 0.5) is 0 Å². The SMILES string of the molecule is O=C(Cn1cccc(S(=O)(=O)N2CCOCC2)c1=O)NCc1ccccc1Cl. The number of nitrogens with zero attached hydrogens (tertiary/aromatic N) is 2. The van der Waals surface area contributed by atoms with Gasteiger partial charge in [0.2, 0.25) is 15.9 Å². The number of halogens is 1. The molecule has 1 aromatic carbocycles. The number of nitrogens with one attached hydrogen (secondary N) is 1. The van der Waals surface area contributed by atoms with Crippen LogP contribution < -0.4 is 10.9 Å². The monoisotopic (exact) mass is 425 g/mol. The predicted octanol–water partition coefficient (Wildman–Crippen LogP) is 0.839. The number of carbonyl (C=O) groups excluding carboxylic acids is 1. The van der Waals surface area contributed by atoms with Gasteiger partial charge in [-0.25, -0.2) is 8.42 Å². The maximum Gasteiger partial charge on any atom is 0.271 e. The second-order valence-corrected chi connectivity index (χ2v) is 8.50. The first-order valence-corrected chi connectivity index (χ1v) is 10.5. The fourth-order valence-corrected chi connectivity index (χ4v) is 4.51. The molecule has 2 aromatic rings. The third-order valence-electron chi connectivity index (χ3n) is 4.32. The third kappa shape index (κ3) is 4.61. The van der Waals surface area contributed by atoms with Crippen molar-refractivity contribution in [2.45, 2.75) is 18.0 Å². The van der Waals surface area contributed by atoms with Gasteiger partial charge in [0.15, 0.2) is 0 Å². The zero-order valence-corrected chi connectivity index (χ0v) is 16.6. The van der Waals surface area contributed by atoms with E-state index in [1.54, 1.807) is 24.3 Å². The Bertz CT molecular complexity index is 1020. The Labute approximate surface area is 167 Å². The van der Waals surface area contributed by atoms with Crippen molar-refractivity contribution in [3.05, 3.63) is 63.5 Å². The molecule has 0 unspecified atom stereocenters. The zero-order valence-electron chi connectivity index (χ0n) is 15.0. The summed E-state index contributed by atoms with van der Waals surface area (Å²) in [6.07, 6.45) is 1.38. The molecular weight excluding hydrogens is 406 g/mol. The van der Waals surface area contributed by atoms with Crippen LogP contribution in [0.15, 0.2) is 52.3 Å². The fraction of sp³-hybridized carbons (Fsp3) is 0.333. The van der Waals surface area contributed by atoms with Crippen LogP contribution in [-0.2, 0) is 32.6 Å². The zero-order chi connectivity index (χ0) is 20.1. The van der Waals surface area contributed by atoms with E-state index in [4.69, 9.17) is 16.3 Å². The number of sulfonamides is 1. The number of amides is 1. The van der Waals surface area contributed by atoms with Crippen molar-refractivity contribution >= 4 is 27.5 Å². The average molecular weight is 426 g/mol. The smallest absolute Gasteiger partial charge is 0.271 e. The van der Waals surface area contributed by atoms with Gasteiger partial charge in [-0.05, 0) is 23.8 Å². The standard InChI is InChI=1S/C18H20ClN3O5S/c19-15-5-2-1-4-14(15)12-20-17(23)13-21-7-3-6-16(18(21)24)28(25,26)22-8-10-27-11-9-22/h1-7H,8-13H2,(H,20,23). The molecule has 0 saturated carbocycles. The Hall–Kier alpha value is -2.20. The lowest BCUT2D eigenvalue weighted by molar-refractivity contribution is -0.121. The van der Waals surface area contributed by atoms with E-state index < -0.39 is 21.5 Å². The molecular formula is C18H20ClN3O5S. The number of morpholine rings is 1. The largest absolute Gasteiger partial charge is 0.379 e. The Morgan fingerprint density at radius 2 is 1.86 bits per heavy atom. The van der Waals surface area contributed by atoms with Crippen LogP contribution in [0.3, 0.4) is 0 Å². The fourth-order valence-electron chi connectivity index (χ4n) is 2.81. The third-order valence-corrected chi connectivity index (χ3v) is 6.60. The number of rotatable bonds is 6. The quantitative estimate of drug-likeness (QED) is 0.739. The summed E-state index contributed by atoms with van der Waals surface area (Å²) in [5.74, 6) is -0.428. The molecule has 28 heavy (non-hydrogen) atoms. The van der Waals surface area contributed by atoms with Gasteiger partial charge in [0.1, 0.15) is 11.4 Å². The van der Waals surface area contributed by atoms with Gasteiger partial charge >= 0.3 is 0 Å². The van der Waals surface area contributed by atoms with E-state index >= 15 is 0 Å². The summed E-state index contributed by atoms with van der Waals surface area (Å²) >= 11 is 6.05. The van der Waals surface area contributed by atoms with Gasteiger partial charge in [0.05, 0.1) is 13.2 Å². The van der Waals surface area contributed by atoms with Crippen molar-refractivity contribution in [1.82, 2.24) is 14.2 Å². The van der Waals surface area contributed by atoms with Crippen LogP contribution in [0.2, 0.25) is 5.02 Å². The molecule has 0 spiro atoms. The van der Waals surface area contributed by atoms with Crippen LogP contribution in [0.1, 0.15) is 5.56 Å². The number of ether oxygens (including phenoxy) is 1. The maximum absolute atomic E-state index is 12.7. The molecule has 0 atom stereocenters. The van der Waals surface area contributed by atoms with E-state index in [-0.39, 0.29) is 44.3 Å². The lowest BCUT2D eigenvalue weighted by Crippen LogP contribution is -2.43. The highest BCUT2D eigenvalue weighted by molar-refractivity contribution is 7.89. The number of benzene rings is 1. The van der Waals surface area contributed by atoms with Gasteiger partial charge in [-0.3, -0.25) is 9.59 Å². The van der Waals surface area contributed by atoms with Gasteiger partial charge < -0.3 is 14.6 Å². The predicted molar refractivity (Wildman–Crippen MR) is 104 cm³/mol. The van der Waals surface area contributed by atoms with Gasteiger partial charge in [0, 0.05) is 30.9 Å². The summed E-state index contributed by atoms with van der Waals surface area (Å²) in [7, 11) is -3.94. The van der Waals surface area contributed by atoms with E-state index in [2.05, 4.69) is 5.32 Å². The molecule has 10 heteroatoms. The van der Waals surface area contributed by atoms with Gasteiger partial charge in [0.25, 0.3) is 5.56 Å². The molecule has 0 aliphatic carbocycles. The molecule has 1 aliphatic heterocycles. The van der Waals surface area contributed by atoms with Crippen LogP contribution in [0.5, 0.6) is 0 Å². The van der Waals surface area contributed by atoms with Crippen LogP contribution in [0, 0.1) is 0 Å². The first-order chi connectivity index (χ1) is 13.4. The van der Waals surface area contributed by atoms with Crippen LogP contribution in [-0.4, -0.2) is 49.5 Å². The number of carbonyl (C=O) groups is 1. The highest BCUT2D eigenvalue weighted by Crippen LogP contribution is 2.15. The maximum atomic E-state index is 12.7. The molecule has 8 nitrogen and oxygen atoms in total. The minimum atomic E-state index is -3.94. The Balaban J connectivity index is 1.73. The summed E-state index contributed by atoms with van der Waals surface area (Å²) < 4.78 is 32.9. The molecule has 1 fully saturated rings. The van der Waals surface area contributed by atoms with E-state index in [0.29, 0.717) is 5.02 Å². The minimum Gasteiger partial charge on any atom is -0.379 e. The van der Waals surface area contributed by atoms with E-state index in [1.807, 2.05) is 0 Å². The average Bonchev–Trinajstić information content (AvgIpc) is 2.69. The normalized spacial score (nSPS) is 15.3. The highest BCUT2D eigenvalue weighted by Gasteiger charge is 2.29. The van der Waals surface area contributed by atoms with Crippen molar-refractivity contribution in [1.29, 1.82) is 0 Å². The second-order valence-electron chi connectivity index (χ2n) is 6.19. The molecule has 1 N–H and O–H groups in total. The van der Waals surface area contributed by atoms with E-state index in [1.165, 1.54) is 22.6 Å². The lowest BCUT2D eigenvalue weighted by atomic mass is 10.2. The highest BCUT2D eigenvalue weighted by atomic mass is 35.5. The summed E-state index contributed by atoms with van der Waals surface area (Å²) in [5.41, 5.74) is 0.00962. The summed E-state index contributed by atoms with van der Waals surface area (Å²) in [6.45, 7) is 0.855. The summed E-state index contributed by atoms with van der Waals surface area (Å²) in [4.78, 5) is 24.5. The topological polar surface area (TPSA) is 97.7 Å². The van der Waals surface area contributed by atoms with Crippen molar-refractivity contribution in [2.24, 2.45) is 0 Å². The molecule has 150 valence electrons. The molecule has 3 rings (SSSR count).